The first-order chi connectivity index (χ1) is 11.6. The maximum absolute atomic E-state index is 12.9. The van der Waals surface area contributed by atoms with Crippen molar-refractivity contribution in [1.29, 1.82) is 0 Å². The van der Waals surface area contributed by atoms with E-state index in [2.05, 4.69) is 20.9 Å². The van der Waals surface area contributed by atoms with Crippen LogP contribution >= 0.6 is 15.9 Å². The van der Waals surface area contributed by atoms with E-state index in [9.17, 15) is 9.59 Å². The van der Waals surface area contributed by atoms with Crippen LogP contribution in [0, 0.1) is 0 Å². The zero-order chi connectivity index (χ0) is 16.9. The number of hydrogen-bond donors (Lipinski definition) is 0. The van der Waals surface area contributed by atoms with Crippen molar-refractivity contribution in [1.82, 2.24) is 14.5 Å². The van der Waals surface area contributed by atoms with Crippen LogP contribution < -0.4 is 5.56 Å². The molecule has 3 heterocycles. The molecule has 2 aromatic heterocycles. The number of hydrogen-bond acceptors (Lipinski definition) is 3. The molecular formula is C18H20BrN3O2. The van der Waals surface area contributed by atoms with Crippen molar-refractivity contribution in [2.75, 3.05) is 6.54 Å². The van der Waals surface area contributed by atoms with E-state index in [1.807, 2.05) is 17.0 Å². The van der Waals surface area contributed by atoms with E-state index in [0.29, 0.717) is 0 Å². The first-order valence-corrected chi connectivity index (χ1v) is 9.00. The molecule has 2 aromatic rings. The third kappa shape index (κ3) is 3.93. The summed E-state index contributed by atoms with van der Waals surface area (Å²) < 4.78 is 2.25. The summed E-state index contributed by atoms with van der Waals surface area (Å²) in [5, 5.41) is 0. The van der Waals surface area contributed by atoms with Crippen LogP contribution in [-0.2, 0) is 11.3 Å². The fraction of sp³-hybridized carbons (Fsp3) is 0.389. The molecule has 0 aromatic carbocycles. The topological polar surface area (TPSA) is 55.2 Å². The predicted octanol–water partition coefficient (Wildman–Crippen LogP) is 3.15. The second kappa shape index (κ2) is 7.75. The lowest BCUT2D eigenvalue weighted by molar-refractivity contribution is -0.134. The molecule has 0 N–H and O–H groups in total. The molecule has 0 bridgehead atoms. The molecule has 126 valence electrons. The SMILES string of the molecule is O=C(Cn1cc(Br)ccc1=O)N1CCCCCC1c1ccncc1. The Morgan fingerprint density at radius 1 is 1.17 bits per heavy atom. The first kappa shape index (κ1) is 16.9. The van der Waals surface area contributed by atoms with Gasteiger partial charge in [-0.15, -0.1) is 0 Å². The van der Waals surface area contributed by atoms with E-state index in [1.54, 1.807) is 24.7 Å². The Morgan fingerprint density at radius 3 is 2.75 bits per heavy atom. The molecule has 0 aliphatic carbocycles. The lowest BCUT2D eigenvalue weighted by Crippen LogP contribution is -2.38. The molecule has 6 heteroatoms. The molecule has 5 nitrogen and oxygen atoms in total. The number of pyridine rings is 2. The summed E-state index contributed by atoms with van der Waals surface area (Å²) in [6.07, 6.45) is 9.38. The van der Waals surface area contributed by atoms with Gasteiger partial charge in [0.1, 0.15) is 6.54 Å². The van der Waals surface area contributed by atoms with E-state index in [-0.39, 0.29) is 24.1 Å². The Bertz CT molecular complexity index is 760. The maximum Gasteiger partial charge on any atom is 0.251 e. The largest absolute Gasteiger partial charge is 0.334 e. The zero-order valence-electron chi connectivity index (χ0n) is 13.4. The molecule has 1 aliphatic heterocycles. The van der Waals surface area contributed by atoms with Crippen LogP contribution in [-0.4, -0.2) is 26.9 Å². The number of nitrogens with zero attached hydrogens (tertiary/aromatic N) is 3. The quantitative estimate of drug-likeness (QED) is 0.809. The van der Waals surface area contributed by atoms with Crippen LogP contribution in [0.3, 0.4) is 0 Å². The number of likely N-dealkylation sites (tertiary alicyclic amines) is 1. The van der Waals surface area contributed by atoms with Crippen LogP contribution in [0.15, 0.2) is 52.1 Å². The van der Waals surface area contributed by atoms with Gasteiger partial charge in [-0.3, -0.25) is 14.6 Å². The molecule has 0 radical (unpaired) electrons. The van der Waals surface area contributed by atoms with Gasteiger partial charge >= 0.3 is 0 Å². The van der Waals surface area contributed by atoms with Gasteiger partial charge in [-0.1, -0.05) is 12.8 Å². The fourth-order valence-corrected chi connectivity index (χ4v) is 3.58. The second-order valence-corrected chi connectivity index (χ2v) is 6.96. The van der Waals surface area contributed by atoms with Crippen molar-refractivity contribution < 1.29 is 4.79 Å². The minimum atomic E-state index is -0.165. The van der Waals surface area contributed by atoms with Gasteiger partial charge in [-0.05, 0) is 52.5 Å². The summed E-state index contributed by atoms with van der Waals surface area (Å²) in [6.45, 7) is 0.800. The highest BCUT2D eigenvalue weighted by atomic mass is 79.9. The number of rotatable bonds is 3. The minimum Gasteiger partial charge on any atom is -0.334 e. The van der Waals surface area contributed by atoms with E-state index in [0.717, 1.165) is 42.3 Å². The van der Waals surface area contributed by atoms with Crippen molar-refractivity contribution in [2.24, 2.45) is 0 Å². The standard InChI is InChI=1S/C18H20BrN3O2/c19-15-5-6-17(23)21(12-15)13-18(24)22-11-3-1-2-4-16(22)14-7-9-20-10-8-14/h5-10,12,16H,1-4,11,13H2. The lowest BCUT2D eigenvalue weighted by Gasteiger charge is -2.30. The fourth-order valence-electron chi connectivity index (χ4n) is 3.20. The molecular weight excluding hydrogens is 370 g/mol. The van der Waals surface area contributed by atoms with Gasteiger partial charge in [0, 0.05) is 35.7 Å². The van der Waals surface area contributed by atoms with Crippen LogP contribution in [0.25, 0.3) is 0 Å². The van der Waals surface area contributed by atoms with E-state index >= 15 is 0 Å². The maximum atomic E-state index is 12.9. The Labute approximate surface area is 149 Å². The summed E-state index contributed by atoms with van der Waals surface area (Å²) in [5.41, 5.74) is 0.948. The molecule has 1 aliphatic rings. The van der Waals surface area contributed by atoms with Crippen LogP contribution in [0.2, 0.25) is 0 Å². The number of carbonyl (C=O) groups is 1. The van der Waals surface area contributed by atoms with Gasteiger partial charge < -0.3 is 9.47 Å². The summed E-state index contributed by atoms with van der Waals surface area (Å²) in [4.78, 5) is 30.9. The van der Waals surface area contributed by atoms with Crippen LogP contribution in [0.4, 0.5) is 0 Å². The Morgan fingerprint density at radius 2 is 1.96 bits per heavy atom. The van der Waals surface area contributed by atoms with Crippen LogP contribution in [0.1, 0.15) is 37.3 Å². The Hall–Kier alpha value is -1.95. The summed E-state index contributed by atoms with van der Waals surface area (Å²) in [7, 11) is 0. The molecule has 1 atom stereocenters. The van der Waals surface area contributed by atoms with Crippen LogP contribution in [0.5, 0.6) is 0 Å². The predicted molar refractivity (Wildman–Crippen MR) is 95.6 cm³/mol. The second-order valence-electron chi connectivity index (χ2n) is 6.05. The average molecular weight is 390 g/mol. The van der Waals surface area contributed by atoms with E-state index in [4.69, 9.17) is 0 Å². The normalized spacial score (nSPS) is 18.2. The minimum absolute atomic E-state index is 0.0149. The van der Waals surface area contributed by atoms with E-state index in [1.165, 1.54) is 10.6 Å². The van der Waals surface area contributed by atoms with Crippen molar-refractivity contribution in [3.63, 3.8) is 0 Å². The molecule has 0 spiro atoms. The molecule has 3 rings (SSSR count). The number of halogens is 1. The molecule has 0 saturated carbocycles. The van der Waals surface area contributed by atoms with Gasteiger partial charge in [0.05, 0.1) is 6.04 Å². The molecule has 1 fully saturated rings. The van der Waals surface area contributed by atoms with Gasteiger partial charge in [0.15, 0.2) is 0 Å². The van der Waals surface area contributed by atoms with Gasteiger partial charge in [-0.2, -0.15) is 0 Å². The molecule has 1 saturated heterocycles. The van der Waals surface area contributed by atoms with Crippen molar-refractivity contribution in [3.8, 4) is 0 Å². The van der Waals surface area contributed by atoms with Crippen molar-refractivity contribution >= 4 is 21.8 Å². The smallest absolute Gasteiger partial charge is 0.251 e. The van der Waals surface area contributed by atoms with Gasteiger partial charge in [0.2, 0.25) is 5.91 Å². The third-order valence-corrected chi connectivity index (χ3v) is 4.89. The van der Waals surface area contributed by atoms with Gasteiger partial charge in [-0.25, -0.2) is 0 Å². The number of aromatic nitrogens is 2. The third-order valence-electron chi connectivity index (χ3n) is 4.42. The molecule has 1 amide bonds. The molecule has 24 heavy (non-hydrogen) atoms. The lowest BCUT2D eigenvalue weighted by atomic mass is 10.0. The van der Waals surface area contributed by atoms with E-state index < -0.39 is 0 Å². The monoisotopic (exact) mass is 389 g/mol. The Balaban J connectivity index is 1.84. The summed E-state index contributed by atoms with van der Waals surface area (Å²) >= 11 is 3.35. The summed E-state index contributed by atoms with van der Waals surface area (Å²) in [6, 6.07) is 7.17. The highest BCUT2D eigenvalue weighted by molar-refractivity contribution is 9.10. The zero-order valence-corrected chi connectivity index (χ0v) is 15.0. The van der Waals surface area contributed by atoms with Crippen molar-refractivity contribution in [2.45, 2.75) is 38.3 Å². The number of carbonyl (C=O) groups excluding carboxylic acids is 1. The molecule has 1 unspecified atom stereocenters. The van der Waals surface area contributed by atoms with Gasteiger partial charge in [0.25, 0.3) is 5.56 Å². The Kier molecular flexibility index (Phi) is 5.45. The highest BCUT2D eigenvalue weighted by Gasteiger charge is 2.26. The first-order valence-electron chi connectivity index (χ1n) is 8.20. The van der Waals surface area contributed by atoms with Crippen molar-refractivity contribution in [3.05, 3.63) is 63.2 Å². The average Bonchev–Trinajstić information content (AvgIpc) is 2.85. The summed E-state index contributed by atoms with van der Waals surface area (Å²) in [5.74, 6) is -0.0149. The number of amides is 1. The highest BCUT2D eigenvalue weighted by Crippen LogP contribution is 2.30.